The topological polar surface area (TPSA) is 0 Å². The molecule has 0 nitrogen and oxygen atoms in total. The summed E-state index contributed by atoms with van der Waals surface area (Å²) in [5.41, 5.74) is 1.25. The maximum atomic E-state index is 3.84. The maximum absolute atomic E-state index is 3.84. The summed E-state index contributed by atoms with van der Waals surface area (Å²) in [5.74, 6) is 0. The van der Waals surface area contributed by atoms with Crippen molar-refractivity contribution in [2.75, 3.05) is 0 Å². The maximum Gasteiger partial charge on any atom is 0.00736 e. The lowest BCUT2D eigenvalue weighted by atomic mass is 9.82. The molecular formula is C11H14. The van der Waals surface area contributed by atoms with Gasteiger partial charge in [0.05, 0.1) is 0 Å². The van der Waals surface area contributed by atoms with Gasteiger partial charge >= 0.3 is 0 Å². The zero-order chi connectivity index (χ0) is 8.32. The largest absolute Gasteiger partial charge is 0.103 e. The molecule has 0 amide bonds. The van der Waals surface area contributed by atoms with Gasteiger partial charge in [-0.05, 0) is 12.0 Å². The molecule has 0 spiro atoms. The first-order valence-corrected chi connectivity index (χ1v) is 3.84. The van der Waals surface area contributed by atoms with Crippen LogP contribution in [0.3, 0.4) is 0 Å². The SMILES string of the molecule is C=CCC1(C)C=CC(=C)C=C1. The van der Waals surface area contributed by atoms with E-state index in [2.05, 4.69) is 44.4 Å². The zero-order valence-electron chi connectivity index (χ0n) is 7.01. The molecule has 0 N–H and O–H groups in total. The molecule has 0 aromatic heterocycles. The van der Waals surface area contributed by atoms with Gasteiger partial charge < -0.3 is 0 Å². The molecule has 0 bridgehead atoms. The first-order valence-electron chi connectivity index (χ1n) is 3.84. The van der Waals surface area contributed by atoms with E-state index < -0.39 is 0 Å². The fourth-order valence-electron chi connectivity index (χ4n) is 1.15. The van der Waals surface area contributed by atoms with Crippen LogP contribution < -0.4 is 0 Å². The van der Waals surface area contributed by atoms with E-state index in [0.29, 0.717) is 0 Å². The van der Waals surface area contributed by atoms with Gasteiger partial charge in [0.25, 0.3) is 0 Å². The van der Waals surface area contributed by atoms with E-state index in [-0.39, 0.29) is 5.41 Å². The third-order valence-corrected chi connectivity index (χ3v) is 1.94. The summed E-state index contributed by atoms with van der Waals surface area (Å²) >= 11 is 0. The summed E-state index contributed by atoms with van der Waals surface area (Å²) in [6.07, 6.45) is 11.4. The summed E-state index contributed by atoms with van der Waals surface area (Å²) in [6, 6.07) is 0. The van der Waals surface area contributed by atoms with Crippen LogP contribution in [0.1, 0.15) is 13.3 Å². The van der Waals surface area contributed by atoms with Crippen LogP contribution in [0.25, 0.3) is 0 Å². The normalized spacial score (nSPS) is 20.3. The lowest BCUT2D eigenvalue weighted by Gasteiger charge is -2.22. The van der Waals surface area contributed by atoms with Crippen molar-refractivity contribution in [3.63, 3.8) is 0 Å². The first-order chi connectivity index (χ1) is 5.16. The average Bonchev–Trinajstić information content (AvgIpc) is 1.97. The molecule has 0 unspecified atom stereocenters. The highest BCUT2D eigenvalue weighted by molar-refractivity contribution is 5.36. The third kappa shape index (κ3) is 1.94. The van der Waals surface area contributed by atoms with Crippen molar-refractivity contribution >= 4 is 0 Å². The van der Waals surface area contributed by atoms with Crippen LogP contribution in [-0.2, 0) is 0 Å². The Morgan fingerprint density at radius 2 is 2.00 bits per heavy atom. The fourth-order valence-corrected chi connectivity index (χ4v) is 1.15. The lowest BCUT2D eigenvalue weighted by molar-refractivity contribution is 0.558. The second kappa shape index (κ2) is 2.91. The van der Waals surface area contributed by atoms with Crippen molar-refractivity contribution in [3.8, 4) is 0 Å². The van der Waals surface area contributed by atoms with Crippen LogP contribution >= 0.6 is 0 Å². The summed E-state index contributed by atoms with van der Waals surface area (Å²) in [6.45, 7) is 9.76. The summed E-state index contributed by atoms with van der Waals surface area (Å²) in [4.78, 5) is 0. The van der Waals surface area contributed by atoms with Crippen molar-refractivity contribution in [2.45, 2.75) is 13.3 Å². The van der Waals surface area contributed by atoms with Gasteiger partial charge in [0.1, 0.15) is 0 Å². The van der Waals surface area contributed by atoms with Crippen LogP contribution in [0.5, 0.6) is 0 Å². The van der Waals surface area contributed by atoms with E-state index in [9.17, 15) is 0 Å². The van der Waals surface area contributed by atoms with Crippen molar-refractivity contribution in [1.29, 1.82) is 0 Å². The Morgan fingerprint density at radius 1 is 1.45 bits per heavy atom. The van der Waals surface area contributed by atoms with Crippen LogP contribution in [0.4, 0.5) is 0 Å². The van der Waals surface area contributed by atoms with Gasteiger partial charge in [-0.1, -0.05) is 43.9 Å². The zero-order valence-corrected chi connectivity index (χ0v) is 7.01. The Kier molecular flexibility index (Phi) is 2.13. The van der Waals surface area contributed by atoms with Gasteiger partial charge in [-0.15, -0.1) is 6.58 Å². The Hall–Kier alpha value is -1.04. The van der Waals surface area contributed by atoms with Gasteiger partial charge in [0.15, 0.2) is 0 Å². The Labute approximate surface area is 68.6 Å². The predicted molar refractivity (Wildman–Crippen MR) is 50.3 cm³/mol. The number of hydrogen-bond donors (Lipinski definition) is 0. The van der Waals surface area contributed by atoms with Gasteiger partial charge in [-0.3, -0.25) is 0 Å². The van der Waals surface area contributed by atoms with E-state index in [0.717, 1.165) is 12.0 Å². The van der Waals surface area contributed by atoms with Crippen LogP contribution in [-0.4, -0.2) is 0 Å². The van der Waals surface area contributed by atoms with E-state index in [1.54, 1.807) is 0 Å². The second-order valence-electron chi connectivity index (χ2n) is 3.24. The van der Waals surface area contributed by atoms with E-state index in [1.807, 2.05) is 6.08 Å². The number of rotatable bonds is 2. The van der Waals surface area contributed by atoms with Gasteiger partial charge in [0.2, 0.25) is 0 Å². The molecule has 0 aromatic rings. The standard InChI is InChI=1S/C11H14/c1-4-7-11(3)8-5-10(2)6-9-11/h4-6,8-9H,1-2,7H2,3H3. The molecule has 0 atom stereocenters. The molecule has 1 rings (SSSR count). The molecule has 0 heteroatoms. The average molecular weight is 146 g/mol. The minimum atomic E-state index is 0.170. The minimum Gasteiger partial charge on any atom is -0.103 e. The fraction of sp³-hybridized carbons (Fsp3) is 0.273. The molecular weight excluding hydrogens is 132 g/mol. The highest BCUT2D eigenvalue weighted by atomic mass is 14.2. The quantitative estimate of drug-likeness (QED) is 0.524. The molecule has 0 aliphatic heterocycles. The second-order valence-corrected chi connectivity index (χ2v) is 3.24. The van der Waals surface area contributed by atoms with E-state index in [4.69, 9.17) is 0 Å². The number of allylic oxidation sites excluding steroid dienone is 6. The van der Waals surface area contributed by atoms with Crippen molar-refractivity contribution in [2.24, 2.45) is 5.41 Å². The van der Waals surface area contributed by atoms with Crippen molar-refractivity contribution < 1.29 is 0 Å². The van der Waals surface area contributed by atoms with Gasteiger partial charge in [-0.2, -0.15) is 0 Å². The number of hydrogen-bond acceptors (Lipinski definition) is 0. The van der Waals surface area contributed by atoms with Crippen LogP contribution in [0.15, 0.2) is 49.1 Å². The van der Waals surface area contributed by atoms with E-state index >= 15 is 0 Å². The van der Waals surface area contributed by atoms with Gasteiger partial charge in [-0.25, -0.2) is 0 Å². The minimum absolute atomic E-state index is 0.170. The van der Waals surface area contributed by atoms with Crippen LogP contribution in [0, 0.1) is 5.41 Å². The molecule has 58 valence electrons. The first kappa shape index (κ1) is 8.06. The highest BCUT2D eigenvalue weighted by Gasteiger charge is 2.16. The molecule has 1 aliphatic carbocycles. The van der Waals surface area contributed by atoms with Crippen molar-refractivity contribution in [3.05, 3.63) is 49.1 Å². The molecule has 0 heterocycles. The smallest absolute Gasteiger partial charge is 0.00736 e. The molecule has 11 heavy (non-hydrogen) atoms. The molecule has 0 radical (unpaired) electrons. The summed E-state index contributed by atoms with van der Waals surface area (Å²) < 4.78 is 0. The lowest BCUT2D eigenvalue weighted by Crippen LogP contribution is -2.09. The summed E-state index contributed by atoms with van der Waals surface area (Å²) in [7, 11) is 0. The third-order valence-electron chi connectivity index (χ3n) is 1.94. The molecule has 1 aliphatic rings. The Bertz CT molecular complexity index is 212. The van der Waals surface area contributed by atoms with E-state index in [1.165, 1.54) is 0 Å². The molecule has 0 saturated carbocycles. The molecule has 0 saturated heterocycles. The molecule has 0 fully saturated rings. The Balaban J connectivity index is 2.75. The predicted octanol–water partition coefficient (Wildman–Crippen LogP) is 3.25. The highest BCUT2D eigenvalue weighted by Crippen LogP contribution is 2.29. The molecule has 0 aromatic carbocycles. The van der Waals surface area contributed by atoms with Gasteiger partial charge in [0, 0.05) is 5.41 Å². The van der Waals surface area contributed by atoms with Crippen molar-refractivity contribution in [1.82, 2.24) is 0 Å². The summed E-state index contributed by atoms with van der Waals surface area (Å²) in [5, 5.41) is 0. The Morgan fingerprint density at radius 3 is 2.45 bits per heavy atom. The monoisotopic (exact) mass is 146 g/mol. The van der Waals surface area contributed by atoms with Crippen LogP contribution in [0.2, 0.25) is 0 Å².